The number of nitrogens with zero attached hydrogens (tertiary/aromatic N) is 3. The molecule has 146 valence electrons. The van der Waals surface area contributed by atoms with Gasteiger partial charge in [0, 0.05) is 17.5 Å². The van der Waals surface area contributed by atoms with E-state index in [9.17, 15) is 18.3 Å². The molecule has 1 heterocycles. The molecule has 1 aromatic heterocycles. The molecule has 28 heavy (non-hydrogen) atoms. The Hall–Kier alpha value is -2.75. The quantitative estimate of drug-likeness (QED) is 0.611. The number of hydrogen-bond donors (Lipinski definition) is 2. The van der Waals surface area contributed by atoms with Crippen molar-refractivity contribution in [1.29, 1.82) is 0 Å². The van der Waals surface area contributed by atoms with E-state index in [2.05, 4.69) is 15.2 Å². The van der Waals surface area contributed by atoms with Gasteiger partial charge in [-0.3, -0.25) is 4.79 Å². The summed E-state index contributed by atoms with van der Waals surface area (Å²) in [5, 5.41) is 18.2. The van der Waals surface area contributed by atoms with Crippen molar-refractivity contribution in [1.82, 2.24) is 9.29 Å². The monoisotopic (exact) mass is 420 g/mol. The first-order chi connectivity index (χ1) is 13.2. The fourth-order valence-corrected chi connectivity index (χ4v) is 3.83. The second-order valence-electron chi connectivity index (χ2n) is 6.18. The molecule has 8 nitrogen and oxygen atoms in total. The second kappa shape index (κ2) is 7.70. The van der Waals surface area contributed by atoms with Crippen molar-refractivity contribution in [2.75, 3.05) is 13.6 Å². The van der Waals surface area contributed by atoms with E-state index >= 15 is 0 Å². The van der Waals surface area contributed by atoms with Crippen molar-refractivity contribution in [2.45, 2.75) is 11.8 Å². The van der Waals surface area contributed by atoms with E-state index in [1.54, 1.807) is 30.3 Å². The first kappa shape index (κ1) is 20.0. The topological polar surface area (TPSA) is 115 Å². The predicted octanol–water partition coefficient (Wildman–Crippen LogP) is 3.77. The largest absolute Gasteiger partial charge is 0.493 e. The molecule has 0 atom stereocenters. The zero-order valence-electron chi connectivity index (χ0n) is 15.0. The number of sulfonamides is 1. The van der Waals surface area contributed by atoms with Crippen molar-refractivity contribution in [3.63, 3.8) is 0 Å². The van der Waals surface area contributed by atoms with E-state index in [0.29, 0.717) is 15.9 Å². The van der Waals surface area contributed by atoms with Crippen LogP contribution in [0.25, 0.3) is 10.9 Å². The van der Waals surface area contributed by atoms with Crippen LogP contribution in [0, 0.1) is 6.92 Å². The number of carbonyl (C=O) groups excluding carboxylic acids is 1. The molecule has 3 rings (SSSR count). The highest BCUT2D eigenvalue weighted by atomic mass is 35.5. The average molecular weight is 421 g/mol. The summed E-state index contributed by atoms with van der Waals surface area (Å²) in [5.74, 6) is -1.05. The minimum Gasteiger partial charge on any atom is -0.493 e. The third-order valence-electron chi connectivity index (χ3n) is 4.06. The fraction of sp³-hybridized carbons (Fsp3) is 0.167. The number of aromatic hydroxyl groups is 1. The normalized spacial score (nSPS) is 12.3. The summed E-state index contributed by atoms with van der Waals surface area (Å²) in [4.78, 5) is 14.9. The van der Waals surface area contributed by atoms with Crippen molar-refractivity contribution < 1.29 is 18.3 Å². The van der Waals surface area contributed by atoms with Crippen molar-refractivity contribution in [3.05, 3.63) is 53.1 Å². The van der Waals surface area contributed by atoms with Gasteiger partial charge >= 0.3 is 0 Å². The number of aryl methyl sites for hydroxylation is 1. The molecule has 2 N–H and O–H groups in total. The van der Waals surface area contributed by atoms with E-state index in [0.717, 1.165) is 9.87 Å². The number of carbonyl (C=O) groups is 1. The summed E-state index contributed by atoms with van der Waals surface area (Å²) in [6.07, 6.45) is 0. The number of aromatic nitrogens is 1. The number of amides is 1. The molecular formula is C18H17ClN4O4S. The highest BCUT2D eigenvalue weighted by molar-refractivity contribution is 7.89. The molecule has 0 aliphatic carbocycles. The first-order valence-corrected chi connectivity index (χ1v) is 9.98. The van der Waals surface area contributed by atoms with Gasteiger partial charge < -0.3 is 10.1 Å². The van der Waals surface area contributed by atoms with E-state index in [-0.39, 0.29) is 16.5 Å². The van der Waals surface area contributed by atoms with Crippen LogP contribution in [0.1, 0.15) is 5.56 Å². The molecule has 0 unspecified atom stereocenters. The summed E-state index contributed by atoms with van der Waals surface area (Å²) < 4.78 is 25.9. The van der Waals surface area contributed by atoms with Gasteiger partial charge in [-0.25, -0.2) is 8.42 Å². The van der Waals surface area contributed by atoms with Gasteiger partial charge in [-0.2, -0.15) is 4.31 Å². The van der Waals surface area contributed by atoms with E-state index in [1.807, 2.05) is 6.92 Å². The van der Waals surface area contributed by atoms with Crippen molar-refractivity contribution in [3.8, 4) is 5.88 Å². The van der Waals surface area contributed by atoms with Crippen LogP contribution in [0.5, 0.6) is 5.88 Å². The lowest BCUT2D eigenvalue weighted by atomic mass is 10.2. The number of fused-ring (bicyclic) bond motifs is 1. The van der Waals surface area contributed by atoms with Gasteiger partial charge in [0.2, 0.25) is 15.9 Å². The van der Waals surface area contributed by atoms with Crippen molar-refractivity contribution >= 4 is 44.1 Å². The minimum atomic E-state index is -3.83. The number of azo groups is 1. The van der Waals surface area contributed by atoms with Crippen LogP contribution in [-0.4, -0.2) is 42.3 Å². The third kappa shape index (κ3) is 4.06. The van der Waals surface area contributed by atoms with Crippen LogP contribution in [-0.2, 0) is 14.8 Å². The number of halogens is 1. The molecule has 10 heteroatoms. The van der Waals surface area contributed by atoms with Crippen LogP contribution in [0.4, 0.5) is 5.69 Å². The third-order valence-corrected chi connectivity index (χ3v) is 6.12. The van der Waals surface area contributed by atoms with Gasteiger partial charge in [-0.1, -0.05) is 29.3 Å². The van der Waals surface area contributed by atoms with Crippen LogP contribution in [0.15, 0.2) is 57.6 Å². The SMILES string of the molecule is Cc1ccc(S(=O)(=O)N(C)CC(=O)N=Nc2c(O)[nH]c3ccc(Cl)cc23)cc1. The van der Waals surface area contributed by atoms with Gasteiger partial charge in [0.25, 0.3) is 5.91 Å². The molecule has 0 bridgehead atoms. The number of benzene rings is 2. The van der Waals surface area contributed by atoms with Gasteiger partial charge in [0.05, 0.1) is 17.0 Å². The van der Waals surface area contributed by atoms with E-state index < -0.39 is 22.5 Å². The van der Waals surface area contributed by atoms with Crippen LogP contribution in [0.2, 0.25) is 5.02 Å². The standard InChI is InChI=1S/C18H17ClN4O4S/c1-11-3-6-13(7-4-11)28(26,27)23(2)10-16(24)21-22-17-14-9-12(19)5-8-15(14)20-18(17)25/h3-9,20,25H,10H2,1-2H3. The van der Waals surface area contributed by atoms with Gasteiger partial charge in [0.15, 0.2) is 5.69 Å². The molecule has 0 fully saturated rings. The van der Waals surface area contributed by atoms with Crippen molar-refractivity contribution in [2.24, 2.45) is 10.2 Å². The molecule has 1 amide bonds. The Morgan fingerprint density at radius 2 is 1.89 bits per heavy atom. The lowest BCUT2D eigenvalue weighted by Gasteiger charge is -2.15. The van der Waals surface area contributed by atoms with Gasteiger partial charge in [-0.15, -0.1) is 10.2 Å². The summed E-state index contributed by atoms with van der Waals surface area (Å²) >= 11 is 5.94. The highest BCUT2D eigenvalue weighted by Gasteiger charge is 2.23. The number of likely N-dealkylation sites (N-methyl/N-ethyl adjacent to an activating group) is 1. The van der Waals surface area contributed by atoms with Crippen LogP contribution < -0.4 is 0 Å². The number of nitrogens with one attached hydrogen (secondary N) is 1. The lowest BCUT2D eigenvalue weighted by molar-refractivity contribution is -0.118. The fourth-order valence-electron chi connectivity index (χ4n) is 2.54. The minimum absolute atomic E-state index is 0.0508. The predicted molar refractivity (Wildman–Crippen MR) is 105 cm³/mol. The Kier molecular flexibility index (Phi) is 5.50. The van der Waals surface area contributed by atoms with E-state index in [4.69, 9.17) is 11.6 Å². The summed E-state index contributed by atoms with van der Waals surface area (Å²) in [6, 6.07) is 11.2. The maximum atomic E-state index is 12.5. The first-order valence-electron chi connectivity index (χ1n) is 8.16. The molecule has 0 radical (unpaired) electrons. The molecule has 2 aromatic carbocycles. The number of H-pyrrole nitrogens is 1. The molecule has 0 aliphatic heterocycles. The maximum absolute atomic E-state index is 12.5. The molecule has 0 spiro atoms. The Balaban J connectivity index is 1.77. The summed E-state index contributed by atoms with van der Waals surface area (Å²) in [7, 11) is -2.55. The Morgan fingerprint density at radius 3 is 2.57 bits per heavy atom. The maximum Gasteiger partial charge on any atom is 0.279 e. The smallest absolute Gasteiger partial charge is 0.279 e. The molecular weight excluding hydrogens is 404 g/mol. The van der Waals surface area contributed by atoms with Crippen LogP contribution >= 0.6 is 11.6 Å². The molecule has 0 saturated heterocycles. The summed E-state index contributed by atoms with van der Waals surface area (Å²) in [5.41, 5.74) is 1.54. The highest BCUT2D eigenvalue weighted by Crippen LogP contribution is 2.36. The Morgan fingerprint density at radius 1 is 1.21 bits per heavy atom. The molecule has 3 aromatic rings. The molecule has 0 saturated carbocycles. The summed E-state index contributed by atoms with van der Waals surface area (Å²) in [6.45, 7) is 1.35. The number of aromatic amines is 1. The second-order valence-corrected chi connectivity index (χ2v) is 8.66. The zero-order chi connectivity index (χ0) is 20.5. The van der Waals surface area contributed by atoms with Crippen LogP contribution in [0.3, 0.4) is 0 Å². The Bertz CT molecular complexity index is 1170. The van der Waals surface area contributed by atoms with Gasteiger partial charge in [0.1, 0.15) is 0 Å². The van der Waals surface area contributed by atoms with Gasteiger partial charge in [-0.05, 0) is 37.3 Å². The lowest BCUT2D eigenvalue weighted by Crippen LogP contribution is -2.31. The average Bonchev–Trinajstić information content (AvgIpc) is 2.94. The molecule has 0 aliphatic rings. The zero-order valence-corrected chi connectivity index (χ0v) is 16.6. The number of hydrogen-bond acceptors (Lipinski definition) is 5. The van der Waals surface area contributed by atoms with E-state index in [1.165, 1.54) is 19.2 Å². The Labute approximate surface area is 166 Å². The number of rotatable bonds is 5.